The summed E-state index contributed by atoms with van der Waals surface area (Å²) < 4.78 is 11.0. The molecule has 0 radical (unpaired) electrons. The van der Waals surface area contributed by atoms with Crippen LogP contribution in [0.4, 0.5) is 0 Å². The van der Waals surface area contributed by atoms with Gasteiger partial charge in [0, 0.05) is 25.2 Å². The summed E-state index contributed by atoms with van der Waals surface area (Å²) in [6.07, 6.45) is 0.810. The molecule has 9 heteroatoms. The summed E-state index contributed by atoms with van der Waals surface area (Å²) >= 11 is 1.30. The number of rotatable bonds is 7. The van der Waals surface area contributed by atoms with Crippen LogP contribution in [0.3, 0.4) is 0 Å². The van der Waals surface area contributed by atoms with E-state index < -0.39 is 11.9 Å². The number of carbonyl (C=O) groups is 1. The fraction of sp³-hybridized carbons (Fsp3) is 0.379. The minimum atomic E-state index is -0.732. The summed E-state index contributed by atoms with van der Waals surface area (Å²) in [6.45, 7) is 8.95. The van der Waals surface area contributed by atoms with Gasteiger partial charge >= 0.3 is 5.97 Å². The number of nitrogens with two attached hydrogens (primary N) is 1. The van der Waals surface area contributed by atoms with Crippen LogP contribution >= 0.6 is 11.8 Å². The molecule has 2 aliphatic heterocycles. The molecule has 0 amide bonds. The molecule has 0 fully saturated rings. The van der Waals surface area contributed by atoms with E-state index in [1.165, 1.54) is 18.9 Å². The predicted octanol–water partition coefficient (Wildman–Crippen LogP) is 4.48. The third kappa shape index (κ3) is 5.40. The number of hydrogen-bond acceptors (Lipinski definition) is 9. The highest BCUT2D eigenvalue weighted by molar-refractivity contribution is 7.99. The lowest BCUT2D eigenvalue weighted by Crippen LogP contribution is -2.31. The van der Waals surface area contributed by atoms with Gasteiger partial charge in [-0.2, -0.15) is 10.5 Å². The third-order valence-corrected chi connectivity index (χ3v) is 7.95. The molecule has 1 aromatic heterocycles. The lowest BCUT2D eigenvalue weighted by molar-refractivity contribution is -0.136. The van der Waals surface area contributed by atoms with E-state index in [9.17, 15) is 15.3 Å². The minimum absolute atomic E-state index is 0.0488. The Labute approximate surface area is 227 Å². The highest BCUT2D eigenvalue weighted by Crippen LogP contribution is 2.41. The van der Waals surface area contributed by atoms with Gasteiger partial charge in [0.05, 0.1) is 29.9 Å². The molecule has 8 nitrogen and oxygen atoms in total. The number of esters is 1. The number of nitrogens with zero attached hydrogens (tertiary/aromatic N) is 4. The van der Waals surface area contributed by atoms with Gasteiger partial charge in [0.2, 0.25) is 5.88 Å². The van der Waals surface area contributed by atoms with Crippen molar-refractivity contribution in [3.63, 3.8) is 0 Å². The standard InChI is InChI=1S/C29H31N5O3S/c1-5-34-11-10-23-21(15-34)12-20(13-30)28(33-23)38-16-24-26(29(35)36-4)25(22(14-31)27(32)37-24)19-8-6-18(7-9-19)17(2)3/h6-9,12,17,25H,5,10-11,15-16,32H2,1-4H3. The molecular weight excluding hydrogens is 498 g/mol. The number of methoxy groups -OCH3 is 1. The average molecular weight is 530 g/mol. The van der Waals surface area contributed by atoms with Gasteiger partial charge in [0.1, 0.15) is 28.5 Å². The monoisotopic (exact) mass is 529 g/mol. The molecule has 0 spiro atoms. The first kappa shape index (κ1) is 27.3. The molecule has 38 heavy (non-hydrogen) atoms. The molecule has 1 atom stereocenters. The quantitative estimate of drug-likeness (QED) is 0.408. The first-order valence-electron chi connectivity index (χ1n) is 12.6. The van der Waals surface area contributed by atoms with Crippen LogP contribution in [0.5, 0.6) is 0 Å². The summed E-state index contributed by atoms with van der Waals surface area (Å²) in [5.74, 6) is -0.571. The maximum atomic E-state index is 13.1. The van der Waals surface area contributed by atoms with Crippen molar-refractivity contribution in [2.45, 2.75) is 50.6 Å². The van der Waals surface area contributed by atoms with Crippen molar-refractivity contribution >= 4 is 17.7 Å². The van der Waals surface area contributed by atoms with Crippen molar-refractivity contribution < 1.29 is 14.3 Å². The lowest BCUT2D eigenvalue weighted by atomic mass is 9.82. The first-order chi connectivity index (χ1) is 18.3. The van der Waals surface area contributed by atoms with E-state index >= 15 is 0 Å². The fourth-order valence-corrected chi connectivity index (χ4v) is 5.69. The van der Waals surface area contributed by atoms with E-state index in [0.29, 0.717) is 16.5 Å². The average Bonchev–Trinajstić information content (AvgIpc) is 2.94. The topological polar surface area (TPSA) is 125 Å². The SMILES string of the molecule is CCN1CCc2nc(SCC3=C(C(=O)OC)C(c4ccc(C(C)C)cc4)C(C#N)=C(N)O3)c(C#N)cc2C1. The lowest BCUT2D eigenvalue weighted by Gasteiger charge is -2.28. The minimum Gasteiger partial charge on any atom is -0.466 e. The van der Waals surface area contributed by atoms with Crippen LogP contribution in [-0.4, -0.2) is 41.8 Å². The number of nitriles is 2. The molecule has 0 saturated carbocycles. The normalized spacial score (nSPS) is 17.5. The molecular formula is C29H31N5O3S. The van der Waals surface area contributed by atoms with Crippen molar-refractivity contribution in [2.75, 3.05) is 26.0 Å². The van der Waals surface area contributed by atoms with Crippen LogP contribution in [0.25, 0.3) is 0 Å². The number of carbonyl (C=O) groups excluding carboxylic acids is 1. The second kappa shape index (κ2) is 11.7. The maximum absolute atomic E-state index is 13.1. The Kier molecular flexibility index (Phi) is 8.41. The van der Waals surface area contributed by atoms with Crippen LogP contribution in [0.1, 0.15) is 60.6 Å². The van der Waals surface area contributed by atoms with Gasteiger partial charge in [-0.05, 0) is 35.2 Å². The van der Waals surface area contributed by atoms with Gasteiger partial charge in [-0.3, -0.25) is 4.90 Å². The number of likely N-dealkylation sites (N-methyl/N-ethyl adjacent to an activating group) is 1. The van der Waals surface area contributed by atoms with Crippen molar-refractivity contribution in [1.82, 2.24) is 9.88 Å². The molecule has 3 heterocycles. The smallest absolute Gasteiger partial charge is 0.338 e. The zero-order valence-corrected chi connectivity index (χ0v) is 22.9. The van der Waals surface area contributed by atoms with Gasteiger partial charge in [-0.25, -0.2) is 9.78 Å². The molecule has 2 aliphatic rings. The second-order valence-corrected chi connectivity index (χ2v) is 10.5. The highest BCUT2D eigenvalue weighted by atomic mass is 32.2. The molecule has 196 valence electrons. The van der Waals surface area contributed by atoms with E-state index in [0.717, 1.165) is 48.4 Å². The Hall–Kier alpha value is -3.79. The third-order valence-electron chi connectivity index (χ3n) is 6.96. The first-order valence-corrected chi connectivity index (χ1v) is 13.6. The number of aromatic nitrogens is 1. The Bertz CT molecular complexity index is 1380. The highest BCUT2D eigenvalue weighted by Gasteiger charge is 2.37. The number of ether oxygens (including phenoxy) is 2. The van der Waals surface area contributed by atoms with Gasteiger partial charge in [0.25, 0.3) is 0 Å². The Morgan fingerprint density at radius 3 is 2.63 bits per heavy atom. The van der Waals surface area contributed by atoms with Gasteiger partial charge in [0.15, 0.2) is 0 Å². The van der Waals surface area contributed by atoms with E-state index in [-0.39, 0.29) is 28.5 Å². The molecule has 4 rings (SSSR count). The number of thioether (sulfide) groups is 1. The zero-order chi connectivity index (χ0) is 27.4. The molecule has 1 aromatic carbocycles. The van der Waals surface area contributed by atoms with Crippen molar-refractivity contribution in [3.05, 3.63) is 81.1 Å². The van der Waals surface area contributed by atoms with Gasteiger partial charge in [-0.15, -0.1) is 0 Å². The van der Waals surface area contributed by atoms with E-state index in [1.54, 1.807) is 0 Å². The number of allylic oxidation sites excluding steroid dienone is 1. The molecule has 2 aromatic rings. The summed E-state index contributed by atoms with van der Waals surface area (Å²) in [7, 11) is 1.30. The summed E-state index contributed by atoms with van der Waals surface area (Å²) in [5, 5.41) is 20.3. The van der Waals surface area contributed by atoms with Crippen molar-refractivity contribution in [2.24, 2.45) is 5.73 Å². The van der Waals surface area contributed by atoms with E-state index in [4.69, 9.17) is 20.2 Å². The number of benzene rings is 1. The Balaban J connectivity index is 1.72. The van der Waals surface area contributed by atoms with Crippen LogP contribution in [0, 0.1) is 22.7 Å². The van der Waals surface area contributed by atoms with E-state index in [2.05, 4.69) is 37.8 Å². The molecule has 0 aliphatic carbocycles. The molecule has 1 unspecified atom stereocenters. The maximum Gasteiger partial charge on any atom is 0.338 e. The fourth-order valence-electron chi connectivity index (χ4n) is 4.77. The largest absolute Gasteiger partial charge is 0.466 e. The van der Waals surface area contributed by atoms with Crippen LogP contribution < -0.4 is 5.73 Å². The summed E-state index contributed by atoms with van der Waals surface area (Å²) in [5.41, 5.74) is 11.0. The van der Waals surface area contributed by atoms with E-state index in [1.807, 2.05) is 30.3 Å². The van der Waals surface area contributed by atoms with Crippen molar-refractivity contribution in [3.8, 4) is 12.1 Å². The van der Waals surface area contributed by atoms with Gasteiger partial charge < -0.3 is 15.2 Å². The zero-order valence-electron chi connectivity index (χ0n) is 22.1. The van der Waals surface area contributed by atoms with Crippen molar-refractivity contribution in [1.29, 1.82) is 10.5 Å². The van der Waals surface area contributed by atoms with Crippen LogP contribution in [0.2, 0.25) is 0 Å². The Morgan fingerprint density at radius 2 is 2.03 bits per heavy atom. The predicted molar refractivity (Wildman–Crippen MR) is 145 cm³/mol. The van der Waals surface area contributed by atoms with Crippen LogP contribution in [-0.2, 0) is 27.2 Å². The summed E-state index contributed by atoms with van der Waals surface area (Å²) in [6, 6.07) is 14.1. The number of pyridine rings is 1. The summed E-state index contributed by atoms with van der Waals surface area (Å²) in [4.78, 5) is 20.2. The number of fused-ring (bicyclic) bond motifs is 1. The number of hydrogen-bond donors (Lipinski definition) is 1. The second-order valence-electron chi connectivity index (χ2n) is 9.54. The Morgan fingerprint density at radius 1 is 1.29 bits per heavy atom. The molecule has 2 N–H and O–H groups in total. The van der Waals surface area contributed by atoms with Crippen LogP contribution in [0.15, 0.2) is 58.1 Å². The van der Waals surface area contributed by atoms with Gasteiger partial charge in [-0.1, -0.05) is 56.8 Å². The molecule has 0 saturated heterocycles. The molecule has 0 bridgehead atoms.